The van der Waals surface area contributed by atoms with Gasteiger partial charge in [0, 0.05) is 16.0 Å². The molecule has 0 aromatic heterocycles. The molecular formula is C10H9BrO. The summed E-state index contributed by atoms with van der Waals surface area (Å²) in [4.78, 5) is 11.5. The van der Waals surface area contributed by atoms with Gasteiger partial charge in [-0.3, -0.25) is 4.79 Å². The highest BCUT2D eigenvalue weighted by Crippen LogP contribution is 2.28. The molecule has 0 fully saturated rings. The SMILES string of the molecule is C[C@H]1Cc2ccc(Br)cc2C1=O. The van der Waals surface area contributed by atoms with E-state index in [1.807, 2.05) is 25.1 Å². The van der Waals surface area contributed by atoms with Gasteiger partial charge in [0.25, 0.3) is 0 Å². The van der Waals surface area contributed by atoms with E-state index in [1.54, 1.807) is 0 Å². The molecule has 1 aromatic carbocycles. The summed E-state index contributed by atoms with van der Waals surface area (Å²) in [5.74, 6) is 0.459. The number of benzene rings is 1. The molecule has 1 nitrogen and oxygen atoms in total. The summed E-state index contributed by atoms with van der Waals surface area (Å²) in [6.07, 6.45) is 0.904. The fraction of sp³-hybridized carbons (Fsp3) is 0.300. The van der Waals surface area contributed by atoms with Gasteiger partial charge in [-0.05, 0) is 24.1 Å². The molecular weight excluding hydrogens is 216 g/mol. The maximum absolute atomic E-state index is 11.5. The monoisotopic (exact) mass is 224 g/mol. The molecule has 0 aliphatic heterocycles. The quantitative estimate of drug-likeness (QED) is 0.663. The maximum atomic E-state index is 11.5. The topological polar surface area (TPSA) is 17.1 Å². The first kappa shape index (κ1) is 7.99. The van der Waals surface area contributed by atoms with E-state index in [1.165, 1.54) is 5.56 Å². The van der Waals surface area contributed by atoms with Crippen molar-refractivity contribution in [1.29, 1.82) is 0 Å². The minimum Gasteiger partial charge on any atom is -0.294 e. The van der Waals surface area contributed by atoms with Crippen molar-refractivity contribution in [3.8, 4) is 0 Å². The molecule has 0 heterocycles. The number of hydrogen-bond acceptors (Lipinski definition) is 1. The first-order valence-corrected chi connectivity index (χ1v) is 4.80. The van der Waals surface area contributed by atoms with Crippen LogP contribution in [0.5, 0.6) is 0 Å². The number of hydrogen-bond donors (Lipinski definition) is 0. The molecule has 1 aliphatic carbocycles. The number of carbonyl (C=O) groups excluding carboxylic acids is 1. The molecule has 0 N–H and O–H groups in total. The standard InChI is InChI=1S/C10H9BrO/c1-6-4-7-2-3-8(11)5-9(7)10(6)12/h2-3,5-6H,4H2,1H3/t6-/m0/s1. The van der Waals surface area contributed by atoms with Crippen LogP contribution in [0, 0.1) is 5.92 Å². The molecule has 2 rings (SSSR count). The van der Waals surface area contributed by atoms with Gasteiger partial charge in [0.05, 0.1) is 0 Å². The molecule has 2 heteroatoms. The van der Waals surface area contributed by atoms with Gasteiger partial charge in [0.15, 0.2) is 5.78 Å². The lowest BCUT2D eigenvalue weighted by atomic mass is 10.1. The van der Waals surface area contributed by atoms with Gasteiger partial charge in [0.1, 0.15) is 0 Å². The molecule has 62 valence electrons. The van der Waals surface area contributed by atoms with E-state index in [2.05, 4.69) is 15.9 Å². The van der Waals surface area contributed by atoms with Crippen molar-refractivity contribution in [1.82, 2.24) is 0 Å². The summed E-state index contributed by atoms with van der Waals surface area (Å²) in [5, 5.41) is 0. The summed E-state index contributed by atoms with van der Waals surface area (Å²) in [5.41, 5.74) is 2.09. The van der Waals surface area contributed by atoms with E-state index in [4.69, 9.17) is 0 Å². The van der Waals surface area contributed by atoms with Crippen molar-refractivity contribution in [2.75, 3.05) is 0 Å². The van der Waals surface area contributed by atoms with E-state index in [9.17, 15) is 4.79 Å². The van der Waals surface area contributed by atoms with Crippen molar-refractivity contribution in [2.45, 2.75) is 13.3 Å². The van der Waals surface area contributed by atoms with Crippen molar-refractivity contribution in [2.24, 2.45) is 5.92 Å². The number of Topliss-reactive ketones (excluding diaryl/α,β-unsaturated/α-hetero) is 1. The van der Waals surface area contributed by atoms with E-state index in [0.717, 1.165) is 16.5 Å². The first-order chi connectivity index (χ1) is 5.68. The van der Waals surface area contributed by atoms with Gasteiger partial charge >= 0.3 is 0 Å². The Morgan fingerprint density at radius 2 is 2.25 bits per heavy atom. The van der Waals surface area contributed by atoms with Crippen LogP contribution in [0.3, 0.4) is 0 Å². The van der Waals surface area contributed by atoms with Gasteiger partial charge < -0.3 is 0 Å². The summed E-state index contributed by atoms with van der Waals surface area (Å²) in [7, 11) is 0. The highest BCUT2D eigenvalue weighted by Gasteiger charge is 2.26. The normalized spacial score (nSPS) is 21.2. The van der Waals surface area contributed by atoms with Crippen LogP contribution >= 0.6 is 15.9 Å². The highest BCUT2D eigenvalue weighted by atomic mass is 79.9. The van der Waals surface area contributed by atoms with E-state index < -0.39 is 0 Å². The lowest BCUT2D eigenvalue weighted by molar-refractivity contribution is 0.0946. The maximum Gasteiger partial charge on any atom is 0.166 e. The van der Waals surface area contributed by atoms with Crippen LogP contribution in [0.4, 0.5) is 0 Å². The fourth-order valence-corrected chi connectivity index (χ4v) is 2.01. The Morgan fingerprint density at radius 3 is 3.00 bits per heavy atom. The highest BCUT2D eigenvalue weighted by molar-refractivity contribution is 9.10. The Kier molecular flexibility index (Phi) is 1.80. The second-order valence-corrected chi connectivity index (χ2v) is 4.19. The molecule has 0 spiro atoms. The zero-order valence-electron chi connectivity index (χ0n) is 6.80. The average molecular weight is 225 g/mol. The largest absolute Gasteiger partial charge is 0.294 e. The molecule has 0 saturated carbocycles. The predicted octanol–water partition coefficient (Wildman–Crippen LogP) is 2.82. The number of halogens is 1. The van der Waals surface area contributed by atoms with Crippen LogP contribution in [-0.2, 0) is 6.42 Å². The Hall–Kier alpha value is -0.630. The molecule has 0 radical (unpaired) electrons. The van der Waals surface area contributed by atoms with Crippen LogP contribution in [0.2, 0.25) is 0 Å². The Labute approximate surface area is 79.9 Å². The minimum atomic E-state index is 0.175. The van der Waals surface area contributed by atoms with Crippen LogP contribution in [0.15, 0.2) is 22.7 Å². The Morgan fingerprint density at radius 1 is 1.50 bits per heavy atom. The number of rotatable bonds is 0. The summed E-state index contributed by atoms with van der Waals surface area (Å²) < 4.78 is 0.990. The average Bonchev–Trinajstić information content (AvgIpc) is 2.31. The molecule has 1 aliphatic rings. The van der Waals surface area contributed by atoms with Crippen LogP contribution in [0.25, 0.3) is 0 Å². The second kappa shape index (κ2) is 2.70. The molecule has 0 unspecified atom stereocenters. The predicted molar refractivity (Wildman–Crippen MR) is 51.3 cm³/mol. The van der Waals surface area contributed by atoms with Gasteiger partial charge in [0.2, 0.25) is 0 Å². The van der Waals surface area contributed by atoms with Crippen molar-refractivity contribution in [3.63, 3.8) is 0 Å². The van der Waals surface area contributed by atoms with E-state index in [0.29, 0.717) is 0 Å². The number of carbonyl (C=O) groups is 1. The van der Waals surface area contributed by atoms with Gasteiger partial charge in [-0.2, -0.15) is 0 Å². The van der Waals surface area contributed by atoms with E-state index >= 15 is 0 Å². The lowest BCUT2D eigenvalue weighted by Gasteiger charge is -1.96. The zero-order chi connectivity index (χ0) is 8.72. The molecule has 1 atom stereocenters. The van der Waals surface area contributed by atoms with Crippen molar-refractivity contribution in [3.05, 3.63) is 33.8 Å². The first-order valence-electron chi connectivity index (χ1n) is 4.01. The number of ketones is 1. The minimum absolute atomic E-state index is 0.175. The van der Waals surface area contributed by atoms with Gasteiger partial charge in [-0.1, -0.05) is 28.9 Å². The lowest BCUT2D eigenvalue weighted by Crippen LogP contribution is -2.02. The van der Waals surface area contributed by atoms with Gasteiger partial charge in [-0.15, -0.1) is 0 Å². The third-order valence-corrected chi connectivity index (χ3v) is 2.80. The van der Waals surface area contributed by atoms with Crippen LogP contribution in [0.1, 0.15) is 22.8 Å². The summed E-state index contributed by atoms with van der Waals surface area (Å²) in [6.45, 7) is 1.98. The Balaban J connectivity index is 2.56. The van der Waals surface area contributed by atoms with Crippen LogP contribution < -0.4 is 0 Å². The molecule has 12 heavy (non-hydrogen) atoms. The summed E-state index contributed by atoms with van der Waals surface area (Å²) >= 11 is 3.36. The van der Waals surface area contributed by atoms with E-state index in [-0.39, 0.29) is 11.7 Å². The molecule has 0 amide bonds. The Bertz CT molecular complexity index is 344. The smallest absolute Gasteiger partial charge is 0.166 e. The van der Waals surface area contributed by atoms with Crippen LogP contribution in [-0.4, -0.2) is 5.78 Å². The second-order valence-electron chi connectivity index (χ2n) is 3.27. The molecule has 0 bridgehead atoms. The molecule has 1 aromatic rings. The fourth-order valence-electron chi connectivity index (χ4n) is 1.64. The summed E-state index contributed by atoms with van der Waals surface area (Å²) in [6, 6.07) is 5.94. The van der Waals surface area contributed by atoms with Gasteiger partial charge in [-0.25, -0.2) is 0 Å². The third kappa shape index (κ3) is 1.11. The third-order valence-electron chi connectivity index (χ3n) is 2.31. The van der Waals surface area contributed by atoms with Crippen molar-refractivity contribution < 1.29 is 4.79 Å². The molecule has 0 saturated heterocycles. The zero-order valence-corrected chi connectivity index (χ0v) is 8.39. The van der Waals surface area contributed by atoms with Crippen molar-refractivity contribution >= 4 is 21.7 Å². The number of fused-ring (bicyclic) bond motifs is 1.